The smallest absolute Gasteiger partial charge is 0.398 e. The van der Waals surface area contributed by atoms with Crippen LogP contribution in [0.2, 0.25) is 0 Å². The van der Waals surface area contributed by atoms with E-state index in [1.165, 1.54) is 6.92 Å². The molecule has 0 aliphatic rings. The number of hydrogen-bond acceptors (Lipinski definition) is 1. The zero-order chi connectivity index (χ0) is 14.9. The molecule has 2 rings (SSSR count). The molecule has 0 bridgehead atoms. The molecule has 0 spiro atoms. The van der Waals surface area contributed by atoms with Gasteiger partial charge in [0.05, 0.1) is 5.56 Å². The fourth-order valence-corrected chi connectivity index (χ4v) is 2.36. The average Bonchev–Trinajstić information content (AvgIpc) is 2.40. The van der Waals surface area contributed by atoms with Crippen molar-refractivity contribution in [3.63, 3.8) is 0 Å². The molecule has 0 atom stereocenters. The van der Waals surface area contributed by atoms with Crippen LogP contribution >= 0.6 is 15.9 Å². The SMILES string of the molecule is Cc1c(N)cc(-c2ccc(CBr)cc2)cc1C(F)(F)F. The lowest BCUT2D eigenvalue weighted by molar-refractivity contribution is -0.137. The molecule has 5 heteroatoms. The highest BCUT2D eigenvalue weighted by atomic mass is 79.9. The van der Waals surface area contributed by atoms with Crippen molar-refractivity contribution in [2.45, 2.75) is 18.4 Å². The maximum absolute atomic E-state index is 13.0. The number of halogens is 4. The molecule has 106 valence electrons. The fourth-order valence-electron chi connectivity index (χ4n) is 1.98. The minimum atomic E-state index is -4.40. The molecular weight excluding hydrogens is 331 g/mol. The second-order valence-electron chi connectivity index (χ2n) is 4.57. The largest absolute Gasteiger partial charge is 0.416 e. The maximum Gasteiger partial charge on any atom is 0.416 e. The van der Waals surface area contributed by atoms with Crippen LogP contribution in [0.25, 0.3) is 11.1 Å². The first kappa shape index (κ1) is 14.9. The van der Waals surface area contributed by atoms with Crippen LogP contribution in [0.5, 0.6) is 0 Å². The molecular formula is C15H13BrF3N. The topological polar surface area (TPSA) is 26.0 Å². The molecule has 1 nitrogen and oxygen atoms in total. The third kappa shape index (κ3) is 2.98. The van der Waals surface area contributed by atoms with Gasteiger partial charge in [0.15, 0.2) is 0 Å². The number of alkyl halides is 4. The first-order valence-electron chi connectivity index (χ1n) is 5.95. The fraction of sp³-hybridized carbons (Fsp3) is 0.200. The predicted molar refractivity (Wildman–Crippen MR) is 78.7 cm³/mol. The van der Waals surface area contributed by atoms with E-state index >= 15 is 0 Å². The van der Waals surface area contributed by atoms with Gasteiger partial charge in [-0.2, -0.15) is 13.2 Å². The van der Waals surface area contributed by atoms with Gasteiger partial charge in [-0.1, -0.05) is 40.2 Å². The average molecular weight is 344 g/mol. The van der Waals surface area contributed by atoms with Crippen molar-refractivity contribution in [1.29, 1.82) is 0 Å². The summed E-state index contributed by atoms with van der Waals surface area (Å²) < 4.78 is 38.9. The molecule has 2 N–H and O–H groups in total. The summed E-state index contributed by atoms with van der Waals surface area (Å²) >= 11 is 3.33. The highest BCUT2D eigenvalue weighted by Crippen LogP contribution is 2.37. The van der Waals surface area contributed by atoms with E-state index in [-0.39, 0.29) is 11.3 Å². The number of nitrogen functional groups attached to an aromatic ring is 1. The molecule has 0 saturated carbocycles. The van der Waals surface area contributed by atoms with Gasteiger partial charge in [0.25, 0.3) is 0 Å². The summed E-state index contributed by atoms with van der Waals surface area (Å²) in [5.74, 6) is 0. The molecule has 0 unspecified atom stereocenters. The van der Waals surface area contributed by atoms with E-state index in [2.05, 4.69) is 15.9 Å². The van der Waals surface area contributed by atoms with Crippen LogP contribution in [-0.2, 0) is 11.5 Å². The van der Waals surface area contributed by atoms with E-state index in [4.69, 9.17) is 5.73 Å². The lowest BCUT2D eigenvalue weighted by Crippen LogP contribution is -2.09. The Hall–Kier alpha value is -1.49. The quantitative estimate of drug-likeness (QED) is 0.591. The van der Waals surface area contributed by atoms with E-state index in [1.807, 2.05) is 12.1 Å². The monoisotopic (exact) mass is 343 g/mol. The highest BCUT2D eigenvalue weighted by molar-refractivity contribution is 9.08. The Morgan fingerprint density at radius 3 is 2.15 bits per heavy atom. The molecule has 2 aromatic carbocycles. The molecule has 0 amide bonds. The number of nitrogens with two attached hydrogens (primary N) is 1. The van der Waals surface area contributed by atoms with Crippen molar-refractivity contribution in [3.05, 3.63) is 53.1 Å². The number of benzene rings is 2. The maximum atomic E-state index is 13.0. The second kappa shape index (κ2) is 5.48. The standard InChI is InChI=1S/C15H13BrF3N/c1-9-13(15(17,18)19)6-12(7-14(9)20)11-4-2-10(8-16)3-5-11/h2-7H,8,20H2,1H3. The van der Waals surface area contributed by atoms with Gasteiger partial charge < -0.3 is 5.73 Å². The zero-order valence-corrected chi connectivity index (χ0v) is 12.3. The minimum Gasteiger partial charge on any atom is -0.398 e. The van der Waals surface area contributed by atoms with Crippen molar-refractivity contribution in [2.24, 2.45) is 0 Å². The minimum absolute atomic E-state index is 0.0679. The Bertz CT molecular complexity index is 618. The van der Waals surface area contributed by atoms with Gasteiger partial charge in [-0.25, -0.2) is 0 Å². The summed E-state index contributed by atoms with van der Waals surface area (Å²) in [5.41, 5.74) is 7.49. The van der Waals surface area contributed by atoms with E-state index in [1.54, 1.807) is 18.2 Å². The van der Waals surface area contributed by atoms with Crippen molar-refractivity contribution < 1.29 is 13.2 Å². The Kier molecular flexibility index (Phi) is 4.09. The third-order valence-electron chi connectivity index (χ3n) is 3.19. The van der Waals surface area contributed by atoms with Crippen LogP contribution in [-0.4, -0.2) is 0 Å². The number of hydrogen-bond donors (Lipinski definition) is 1. The summed E-state index contributed by atoms with van der Waals surface area (Å²) in [6.07, 6.45) is -4.40. The molecule has 0 aromatic heterocycles. The number of anilines is 1. The molecule has 0 saturated heterocycles. The van der Waals surface area contributed by atoms with Crippen molar-refractivity contribution in [3.8, 4) is 11.1 Å². The summed E-state index contributed by atoms with van der Waals surface area (Å²) in [6.45, 7) is 1.38. The zero-order valence-electron chi connectivity index (χ0n) is 10.8. The molecule has 0 heterocycles. The van der Waals surface area contributed by atoms with Crippen LogP contribution in [0, 0.1) is 6.92 Å². The van der Waals surface area contributed by atoms with Crippen molar-refractivity contribution in [2.75, 3.05) is 5.73 Å². The molecule has 2 aromatic rings. The Morgan fingerprint density at radius 2 is 1.65 bits per heavy atom. The molecule has 20 heavy (non-hydrogen) atoms. The summed E-state index contributed by atoms with van der Waals surface area (Å²) in [5, 5.41) is 0.705. The van der Waals surface area contributed by atoms with Crippen LogP contribution in [0.4, 0.5) is 18.9 Å². The van der Waals surface area contributed by atoms with E-state index in [9.17, 15) is 13.2 Å². The molecule has 0 radical (unpaired) electrons. The Balaban J connectivity index is 2.54. The Morgan fingerprint density at radius 1 is 1.05 bits per heavy atom. The summed E-state index contributed by atoms with van der Waals surface area (Å²) in [4.78, 5) is 0. The van der Waals surface area contributed by atoms with Gasteiger partial charge in [-0.3, -0.25) is 0 Å². The van der Waals surface area contributed by atoms with E-state index in [0.29, 0.717) is 16.5 Å². The lowest BCUT2D eigenvalue weighted by atomic mass is 9.97. The van der Waals surface area contributed by atoms with Gasteiger partial charge >= 0.3 is 6.18 Å². The van der Waals surface area contributed by atoms with Gasteiger partial charge in [0.2, 0.25) is 0 Å². The van der Waals surface area contributed by atoms with Gasteiger partial charge in [0, 0.05) is 11.0 Å². The van der Waals surface area contributed by atoms with E-state index < -0.39 is 11.7 Å². The first-order valence-corrected chi connectivity index (χ1v) is 7.07. The van der Waals surface area contributed by atoms with Gasteiger partial charge in [0.1, 0.15) is 0 Å². The third-order valence-corrected chi connectivity index (χ3v) is 3.84. The normalized spacial score (nSPS) is 11.7. The van der Waals surface area contributed by atoms with Crippen LogP contribution in [0.1, 0.15) is 16.7 Å². The lowest BCUT2D eigenvalue weighted by Gasteiger charge is -2.15. The van der Waals surface area contributed by atoms with E-state index in [0.717, 1.165) is 11.6 Å². The Labute approximate surface area is 123 Å². The highest BCUT2D eigenvalue weighted by Gasteiger charge is 2.33. The van der Waals surface area contributed by atoms with Crippen molar-refractivity contribution in [1.82, 2.24) is 0 Å². The summed E-state index contributed by atoms with van der Waals surface area (Å²) in [7, 11) is 0. The number of rotatable bonds is 2. The predicted octanol–water partition coefficient (Wildman–Crippen LogP) is 5.16. The molecule has 0 aliphatic carbocycles. The van der Waals surface area contributed by atoms with Crippen LogP contribution in [0.15, 0.2) is 36.4 Å². The van der Waals surface area contributed by atoms with Crippen molar-refractivity contribution >= 4 is 21.6 Å². The molecule has 0 aliphatic heterocycles. The molecule has 0 fully saturated rings. The van der Waals surface area contributed by atoms with Gasteiger partial charge in [-0.05, 0) is 41.3 Å². The van der Waals surface area contributed by atoms with Gasteiger partial charge in [-0.15, -0.1) is 0 Å². The summed E-state index contributed by atoms with van der Waals surface area (Å²) in [6, 6.07) is 10.0. The first-order chi connectivity index (χ1) is 9.32. The van der Waals surface area contributed by atoms with Crippen LogP contribution < -0.4 is 5.73 Å². The van der Waals surface area contributed by atoms with Crippen LogP contribution in [0.3, 0.4) is 0 Å². The second-order valence-corrected chi connectivity index (χ2v) is 5.13.